The van der Waals surface area contributed by atoms with Crippen LogP contribution in [-0.2, 0) is 11.8 Å². The first-order valence-corrected chi connectivity index (χ1v) is 4.56. The Morgan fingerprint density at radius 2 is 2.73 bits per heavy atom. The van der Waals surface area contributed by atoms with Crippen LogP contribution in [0.4, 0.5) is 0 Å². The molecule has 4 heteroatoms. The molecule has 1 aliphatic heterocycles. The maximum Gasteiger partial charge on any atom is 0.0903 e. The zero-order valence-corrected chi connectivity index (χ0v) is 7.17. The van der Waals surface area contributed by atoms with E-state index in [0.29, 0.717) is 6.10 Å². The summed E-state index contributed by atoms with van der Waals surface area (Å²) in [5, 5.41) is 4.07. The summed E-state index contributed by atoms with van der Waals surface area (Å²) < 4.78 is 6.90. The van der Waals surface area contributed by atoms with E-state index in [-0.39, 0.29) is 0 Å². The number of aromatic nitrogens is 2. The number of thioether (sulfide) groups is 1. The van der Waals surface area contributed by atoms with E-state index in [4.69, 9.17) is 4.74 Å². The Balaban J connectivity index is 1.85. The molecule has 0 aromatic carbocycles. The van der Waals surface area contributed by atoms with Crippen molar-refractivity contribution in [3.05, 3.63) is 12.4 Å². The van der Waals surface area contributed by atoms with Crippen molar-refractivity contribution >= 4 is 11.8 Å². The van der Waals surface area contributed by atoms with E-state index < -0.39 is 0 Å². The van der Waals surface area contributed by atoms with Gasteiger partial charge in [0.15, 0.2) is 0 Å². The van der Waals surface area contributed by atoms with E-state index in [2.05, 4.69) is 5.10 Å². The fraction of sp³-hybridized carbons (Fsp3) is 0.571. The lowest BCUT2D eigenvalue weighted by atomic mass is 10.6. The van der Waals surface area contributed by atoms with Gasteiger partial charge in [-0.3, -0.25) is 4.68 Å². The predicted molar refractivity (Wildman–Crippen MR) is 43.7 cm³/mol. The highest BCUT2D eigenvalue weighted by molar-refractivity contribution is 7.99. The van der Waals surface area contributed by atoms with Crippen LogP contribution in [0.5, 0.6) is 0 Å². The molecule has 0 bridgehead atoms. The quantitative estimate of drug-likeness (QED) is 0.499. The van der Waals surface area contributed by atoms with E-state index in [1.807, 2.05) is 24.1 Å². The Hall–Kier alpha value is -0.480. The Morgan fingerprint density at radius 1 is 1.91 bits per heavy atom. The lowest BCUT2D eigenvalue weighted by Gasteiger charge is -1.90. The van der Waals surface area contributed by atoms with Crippen LogP contribution < -0.4 is 0 Å². The van der Waals surface area contributed by atoms with Gasteiger partial charge in [-0.15, -0.1) is 11.8 Å². The standard InChI is InChI=1S/C7H10N2OS/c1-9-3-7(2-8-9)11-5-6-4-10-6/h2-3,6H,4-5H2,1H3/t6-/m1/s1. The summed E-state index contributed by atoms with van der Waals surface area (Å²) in [5.74, 6) is 1.06. The molecule has 1 aromatic rings. The average molecular weight is 170 g/mol. The molecule has 60 valence electrons. The average Bonchev–Trinajstić information content (AvgIpc) is 2.72. The lowest BCUT2D eigenvalue weighted by Crippen LogP contribution is -1.87. The number of ether oxygens (including phenoxy) is 1. The summed E-state index contributed by atoms with van der Waals surface area (Å²) in [4.78, 5) is 1.23. The molecule has 1 aromatic heterocycles. The van der Waals surface area contributed by atoms with E-state index in [1.165, 1.54) is 4.90 Å². The number of aryl methyl sites for hydroxylation is 1. The summed E-state index contributed by atoms with van der Waals surface area (Å²) >= 11 is 1.80. The molecule has 0 radical (unpaired) electrons. The molecule has 0 N–H and O–H groups in total. The third-order valence-corrected chi connectivity index (χ3v) is 2.60. The summed E-state index contributed by atoms with van der Waals surface area (Å²) in [7, 11) is 1.93. The van der Waals surface area contributed by atoms with Crippen LogP contribution >= 0.6 is 11.8 Å². The van der Waals surface area contributed by atoms with Gasteiger partial charge in [0, 0.05) is 23.9 Å². The summed E-state index contributed by atoms with van der Waals surface area (Å²) in [6.07, 6.45) is 4.40. The molecule has 3 nitrogen and oxygen atoms in total. The Morgan fingerprint density at radius 3 is 3.27 bits per heavy atom. The first-order chi connectivity index (χ1) is 5.34. The summed E-state index contributed by atoms with van der Waals surface area (Å²) in [6.45, 7) is 0.938. The molecular formula is C7H10N2OS. The molecule has 0 amide bonds. The maximum absolute atomic E-state index is 5.09. The van der Waals surface area contributed by atoms with Gasteiger partial charge in [-0.25, -0.2) is 0 Å². The fourth-order valence-electron chi connectivity index (χ4n) is 0.827. The molecule has 1 atom stereocenters. The number of nitrogens with zero attached hydrogens (tertiary/aromatic N) is 2. The lowest BCUT2D eigenvalue weighted by molar-refractivity contribution is 0.426. The molecule has 1 fully saturated rings. The van der Waals surface area contributed by atoms with Gasteiger partial charge < -0.3 is 4.74 Å². The smallest absolute Gasteiger partial charge is 0.0903 e. The van der Waals surface area contributed by atoms with Gasteiger partial charge in [0.2, 0.25) is 0 Å². The van der Waals surface area contributed by atoms with Crippen LogP contribution in [0.25, 0.3) is 0 Å². The monoisotopic (exact) mass is 170 g/mol. The molecule has 1 saturated heterocycles. The van der Waals surface area contributed by atoms with Gasteiger partial charge >= 0.3 is 0 Å². The van der Waals surface area contributed by atoms with Crippen LogP contribution in [0.15, 0.2) is 17.3 Å². The van der Waals surface area contributed by atoms with Crippen LogP contribution in [0, 0.1) is 0 Å². The van der Waals surface area contributed by atoms with Crippen LogP contribution in [0.2, 0.25) is 0 Å². The van der Waals surface area contributed by atoms with Crippen LogP contribution in [-0.4, -0.2) is 28.2 Å². The molecule has 11 heavy (non-hydrogen) atoms. The minimum Gasteiger partial charge on any atom is -0.372 e. The van der Waals surface area contributed by atoms with Gasteiger partial charge in [0.25, 0.3) is 0 Å². The van der Waals surface area contributed by atoms with Crippen molar-refractivity contribution in [2.75, 3.05) is 12.4 Å². The fourth-order valence-corrected chi connectivity index (χ4v) is 1.75. The highest BCUT2D eigenvalue weighted by atomic mass is 32.2. The van der Waals surface area contributed by atoms with Gasteiger partial charge in [0.05, 0.1) is 18.9 Å². The summed E-state index contributed by atoms with van der Waals surface area (Å²) in [6, 6.07) is 0. The van der Waals surface area contributed by atoms with E-state index in [9.17, 15) is 0 Å². The van der Waals surface area contributed by atoms with E-state index >= 15 is 0 Å². The van der Waals surface area contributed by atoms with Crippen LogP contribution in [0.1, 0.15) is 0 Å². The zero-order valence-electron chi connectivity index (χ0n) is 6.36. The second-order valence-electron chi connectivity index (χ2n) is 2.62. The second-order valence-corrected chi connectivity index (χ2v) is 3.71. The Kier molecular flexibility index (Phi) is 1.87. The predicted octanol–water partition coefficient (Wildman–Crippen LogP) is 0.911. The Bertz CT molecular complexity index is 244. The molecule has 2 heterocycles. The first kappa shape index (κ1) is 7.18. The molecule has 2 rings (SSSR count). The van der Waals surface area contributed by atoms with Crippen molar-refractivity contribution in [3.63, 3.8) is 0 Å². The van der Waals surface area contributed by atoms with Gasteiger partial charge in [0.1, 0.15) is 0 Å². The number of rotatable bonds is 3. The molecule has 0 unspecified atom stereocenters. The number of epoxide rings is 1. The van der Waals surface area contributed by atoms with Gasteiger partial charge in [-0.05, 0) is 0 Å². The summed E-state index contributed by atoms with van der Waals surface area (Å²) in [5.41, 5.74) is 0. The van der Waals surface area contributed by atoms with Gasteiger partial charge in [-0.2, -0.15) is 5.10 Å². The van der Waals surface area contributed by atoms with Crippen LogP contribution in [0.3, 0.4) is 0 Å². The molecule has 0 aliphatic carbocycles. The number of hydrogen-bond acceptors (Lipinski definition) is 3. The molecular weight excluding hydrogens is 160 g/mol. The first-order valence-electron chi connectivity index (χ1n) is 3.57. The van der Waals surface area contributed by atoms with Crippen molar-refractivity contribution in [3.8, 4) is 0 Å². The highest BCUT2D eigenvalue weighted by Gasteiger charge is 2.22. The highest BCUT2D eigenvalue weighted by Crippen LogP contribution is 2.22. The topological polar surface area (TPSA) is 30.4 Å². The minimum absolute atomic E-state index is 0.500. The van der Waals surface area contributed by atoms with Crippen molar-refractivity contribution in [1.82, 2.24) is 9.78 Å². The molecule has 0 spiro atoms. The second kappa shape index (κ2) is 2.87. The van der Waals surface area contributed by atoms with Crippen molar-refractivity contribution in [2.45, 2.75) is 11.0 Å². The SMILES string of the molecule is Cn1cc(SC[C@H]2CO2)cn1. The normalized spacial score (nSPS) is 22.1. The number of hydrogen-bond donors (Lipinski definition) is 0. The van der Waals surface area contributed by atoms with Crippen molar-refractivity contribution in [1.29, 1.82) is 0 Å². The third kappa shape index (κ3) is 1.97. The van der Waals surface area contributed by atoms with Crippen molar-refractivity contribution < 1.29 is 4.74 Å². The largest absolute Gasteiger partial charge is 0.372 e. The van der Waals surface area contributed by atoms with Crippen molar-refractivity contribution in [2.24, 2.45) is 7.05 Å². The third-order valence-electron chi connectivity index (χ3n) is 1.52. The van der Waals surface area contributed by atoms with E-state index in [1.54, 1.807) is 11.8 Å². The maximum atomic E-state index is 5.09. The minimum atomic E-state index is 0.500. The van der Waals surface area contributed by atoms with E-state index in [0.717, 1.165) is 12.4 Å². The molecule has 1 aliphatic rings. The Labute approximate surface area is 69.7 Å². The molecule has 0 saturated carbocycles. The van der Waals surface area contributed by atoms with Gasteiger partial charge in [-0.1, -0.05) is 0 Å². The zero-order chi connectivity index (χ0) is 7.68.